The van der Waals surface area contributed by atoms with Gasteiger partial charge in [0.25, 0.3) is 15.9 Å². The van der Waals surface area contributed by atoms with Gasteiger partial charge in [0.05, 0.1) is 16.8 Å². The van der Waals surface area contributed by atoms with Crippen molar-refractivity contribution in [3.63, 3.8) is 0 Å². The van der Waals surface area contributed by atoms with Crippen LogP contribution in [0.15, 0.2) is 83.9 Å². The Morgan fingerprint density at radius 2 is 1.62 bits per heavy atom. The van der Waals surface area contributed by atoms with E-state index in [-0.39, 0.29) is 21.8 Å². The number of pyridine rings is 1. The minimum absolute atomic E-state index is 0.122. The predicted octanol–water partition coefficient (Wildman–Crippen LogP) is 5.15. The number of nitrogens with zero attached hydrogens (tertiary/aromatic N) is 3. The topological polar surface area (TPSA) is 82.6 Å². The molecule has 1 amide bonds. The van der Waals surface area contributed by atoms with Crippen LogP contribution in [0.3, 0.4) is 0 Å². The average molecular weight is 573 g/mol. The molecule has 0 saturated carbocycles. The monoisotopic (exact) mass is 572 g/mol. The van der Waals surface area contributed by atoms with Gasteiger partial charge in [-0.25, -0.2) is 12.8 Å². The molecule has 3 aromatic carbocycles. The van der Waals surface area contributed by atoms with E-state index in [1.54, 1.807) is 30.3 Å². The number of rotatable bonds is 6. The van der Waals surface area contributed by atoms with E-state index >= 15 is 0 Å². The van der Waals surface area contributed by atoms with Gasteiger partial charge >= 0.3 is 6.18 Å². The third-order valence-corrected chi connectivity index (χ3v) is 8.08. The fourth-order valence-corrected chi connectivity index (χ4v) is 5.89. The fraction of sp³-hybridized carbons (Fsp3) is 0.214. The second kappa shape index (κ2) is 10.9. The zero-order valence-corrected chi connectivity index (χ0v) is 21.8. The van der Waals surface area contributed by atoms with Gasteiger partial charge in [-0.2, -0.15) is 13.2 Å². The number of aromatic nitrogens is 1. The van der Waals surface area contributed by atoms with Gasteiger partial charge in [-0.05, 0) is 48.0 Å². The summed E-state index contributed by atoms with van der Waals surface area (Å²) in [6, 6.07) is 16.6. The number of halogens is 4. The Balaban J connectivity index is 1.34. The van der Waals surface area contributed by atoms with Crippen LogP contribution >= 0.6 is 0 Å². The van der Waals surface area contributed by atoms with Gasteiger partial charge in [0.1, 0.15) is 10.7 Å². The van der Waals surface area contributed by atoms with Crippen molar-refractivity contribution >= 4 is 32.5 Å². The molecule has 0 unspecified atom stereocenters. The summed E-state index contributed by atoms with van der Waals surface area (Å²) in [5.41, 5.74) is -1.13. The Bertz CT molecular complexity index is 1650. The largest absolute Gasteiger partial charge is 0.418 e. The molecule has 0 radical (unpaired) electrons. The van der Waals surface area contributed by atoms with Gasteiger partial charge in [0, 0.05) is 49.9 Å². The first-order valence-corrected chi connectivity index (χ1v) is 13.8. The summed E-state index contributed by atoms with van der Waals surface area (Å²) >= 11 is 0. The number of carbonyl (C=O) groups excluding carboxylic acids is 1. The van der Waals surface area contributed by atoms with Gasteiger partial charge in [0.15, 0.2) is 0 Å². The van der Waals surface area contributed by atoms with Crippen molar-refractivity contribution in [1.82, 2.24) is 14.8 Å². The van der Waals surface area contributed by atoms with Gasteiger partial charge in [-0.15, -0.1) is 0 Å². The van der Waals surface area contributed by atoms with Crippen LogP contribution in [0.25, 0.3) is 10.9 Å². The number of carbonyl (C=O) groups is 1. The number of benzene rings is 3. The highest BCUT2D eigenvalue weighted by Crippen LogP contribution is 2.37. The number of hydrogen-bond acceptors (Lipinski definition) is 5. The third kappa shape index (κ3) is 5.92. The molecule has 4 aromatic rings. The first kappa shape index (κ1) is 27.5. The Morgan fingerprint density at radius 1 is 0.925 bits per heavy atom. The molecule has 208 valence electrons. The summed E-state index contributed by atoms with van der Waals surface area (Å²) < 4.78 is 83.6. The van der Waals surface area contributed by atoms with Crippen LogP contribution in [0.5, 0.6) is 0 Å². The summed E-state index contributed by atoms with van der Waals surface area (Å²) in [5, 5.41) is 0.514. The third-order valence-electron chi connectivity index (χ3n) is 6.68. The van der Waals surface area contributed by atoms with Crippen LogP contribution in [0.4, 0.5) is 23.2 Å². The van der Waals surface area contributed by atoms with E-state index in [2.05, 4.69) is 9.88 Å². The minimum Gasteiger partial charge on any atom is -0.336 e. The molecule has 1 aromatic heterocycles. The van der Waals surface area contributed by atoms with Crippen molar-refractivity contribution in [2.75, 3.05) is 30.9 Å². The molecule has 1 saturated heterocycles. The summed E-state index contributed by atoms with van der Waals surface area (Å²) in [4.78, 5) is 20.4. The summed E-state index contributed by atoms with van der Waals surface area (Å²) in [6.45, 7) is 2.13. The number of fused-ring (bicyclic) bond motifs is 1. The van der Waals surface area contributed by atoms with Crippen molar-refractivity contribution < 1.29 is 30.8 Å². The lowest BCUT2D eigenvalue weighted by molar-refractivity contribution is -0.136. The average Bonchev–Trinajstić information content (AvgIpc) is 2.93. The number of nitrogens with one attached hydrogen (secondary N) is 1. The van der Waals surface area contributed by atoms with E-state index in [1.165, 1.54) is 41.4 Å². The molecule has 2 heterocycles. The molecule has 0 aliphatic carbocycles. The zero-order chi connectivity index (χ0) is 28.5. The van der Waals surface area contributed by atoms with Gasteiger partial charge in [-0.3, -0.25) is 19.4 Å². The highest BCUT2D eigenvalue weighted by atomic mass is 32.2. The number of hydrogen-bond donors (Lipinski definition) is 1. The van der Waals surface area contributed by atoms with Crippen molar-refractivity contribution in [3.8, 4) is 0 Å². The molecule has 40 heavy (non-hydrogen) atoms. The van der Waals surface area contributed by atoms with Crippen LogP contribution in [0.2, 0.25) is 0 Å². The van der Waals surface area contributed by atoms with E-state index in [0.29, 0.717) is 44.2 Å². The lowest BCUT2D eigenvalue weighted by Gasteiger charge is -2.35. The normalized spacial score (nSPS) is 14.8. The summed E-state index contributed by atoms with van der Waals surface area (Å²) in [7, 11) is -4.44. The molecule has 7 nitrogen and oxygen atoms in total. The van der Waals surface area contributed by atoms with Crippen LogP contribution in [-0.4, -0.2) is 55.3 Å². The number of para-hydroxylation sites is 1. The van der Waals surface area contributed by atoms with Gasteiger partial charge in [0.2, 0.25) is 0 Å². The Morgan fingerprint density at radius 3 is 2.33 bits per heavy atom. The summed E-state index contributed by atoms with van der Waals surface area (Å²) in [6.07, 6.45) is -3.54. The first-order chi connectivity index (χ1) is 19.0. The lowest BCUT2D eigenvalue weighted by atomic mass is 10.1. The maximum absolute atomic E-state index is 14.0. The number of anilines is 1. The number of piperazine rings is 1. The molecule has 0 bridgehead atoms. The first-order valence-electron chi connectivity index (χ1n) is 12.4. The van der Waals surface area contributed by atoms with Crippen LogP contribution in [0, 0.1) is 5.82 Å². The molecule has 5 rings (SSSR count). The standard InChI is InChI=1S/C28H24F4N4O3S/c29-22-9-6-19(7-10-22)18-35-13-15-36(16-14-35)27(37)21-8-11-24(23(17-21)28(30,31)32)34-40(38,39)25-5-1-3-20-4-2-12-33-26(20)25/h1-12,17,34H,13-16,18H2. The molecule has 1 fully saturated rings. The van der Waals surface area contributed by atoms with Crippen LogP contribution in [0.1, 0.15) is 21.5 Å². The molecule has 0 spiro atoms. The molecule has 1 aliphatic rings. The fourth-order valence-electron chi connectivity index (χ4n) is 4.63. The van der Waals surface area contributed by atoms with Crippen LogP contribution < -0.4 is 4.72 Å². The minimum atomic E-state index is -4.93. The van der Waals surface area contributed by atoms with E-state index < -0.39 is 33.4 Å². The number of sulfonamides is 1. The smallest absolute Gasteiger partial charge is 0.336 e. The summed E-state index contributed by atoms with van der Waals surface area (Å²) in [5.74, 6) is -0.915. The molecular formula is C28H24F4N4O3S. The van der Waals surface area contributed by atoms with Crippen molar-refractivity contribution in [3.05, 3.63) is 102 Å². The molecule has 1 N–H and O–H groups in total. The Labute approximate surface area is 228 Å². The SMILES string of the molecule is O=C(c1ccc(NS(=O)(=O)c2cccc3cccnc23)c(C(F)(F)F)c1)N1CCN(Cc2ccc(F)cc2)CC1. The van der Waals surface area contributed by atoms with Crippen LogP contribution in [-0.2, 0) is 22.7 Å². The lowest BCUT2D eigenvalue weighted by Crippen LogP contribution is -2.48. The maximum Gasteiger partial charge on any atom is 0.418 e. The zero-order valence-electron chi connectivity index (χ0n) is 21.0. The molecular weight excluding hydrogens is 548 g/mol. The van der Waals surface area contributed by atoms with E-state index in [1.807, 2.05) is 4.72 Å². The second-order valence-electron chi connectivity index (χ2n) is 9.39. The van der Waals surface area contributed by atoms with E-state index in [0.717, 1.165) is 11.6 Å². The van der Waals surface area contributed by atoms with Gasteiger partial charge in [-0.1, -0.05) is 30.3 Å². The van der Waals surface area contributed by atoms with Crippen molar-refractivity contribution in [2.24, 2.45) is 0 Å². The van der Waals surface area contributed by atoms with Gasteiger partial charge < -0.3 is 4.90 Å². The Kier molecular flexibility index (Phi) is 7.47. The molecule has 0 atom stereocenters. The van der Waals surface area contributed by atoms with Crippen molar-refractivity contribution in [1.29, 1.82) is 0 Å². The van der Waals surface area contributed by atoms with E-state index in [4.69, 9.17) is 0 Å². The number of alkyl halides is 3. The highest BCUT2D eigenvalue weighted by molar-refractivity contribution is 7.93. The second-order valence-corrected chi connectivity index (χ2v) is 11.0. The quantitative estimate of drug-likeness (QED) is 0.323. The molecule has 12 heteroatoms. The Hall–Kier alpha value is -4.03. The van der Waals surface area contributed by atoms with E-state index in [9.17, 15) is 30.8 Å². The maximum atomic E-state index is 14.0. The predicted molar refractivity (Wildman–Crippen MR) is 142 cm³/mol. The number of amides is 1. The highest BCUT2D eigenvalue weighted by Gasteiger charge is 2.36. The van der Waals surface area contributed by atoms with Crippen molar-refractivity contribution in [2.45, 2.75) is 17.6 Å². The molecule has 1 aliphatic heterocycles.